The normalized spacial score (nSPS) is 12.6. The number of hydrogen-bond acceptors (Lipinski definition) is 7. The molecule has 0 radical (unpaired) electrons. The Labute approximate surface area is 200 Å². The molecule has 4 aromatic heterocycles. The molecular weight excluding hydrogens is 478 g/mol. The van der Waals surface area contributed by atoms with E-state index in [2.05, 4.69) is 15.1 Å². The summed E-state index contributed by atoms with van der Waals surface area (Å²) in [7, 11) is 0. The fourth-order valence-electron chi connectivity index (χ4n) is 3.55. The lowest BCUT2D eigenvalue weighted by molar-refractivity contribution is 0.304. The van der Waals surface area contributed by atoms with Gasteiger partial charge in [0.25, 0.3) is 0 Å². The summed E-state index contributed by atoms with van der Waals surface area (Å²) >= 11 is 2.70. The molecule has 0 aliphatic rings. The number of imidazole rings is 1. The van der Waals surface area contributed by atoms with E-state index in [4.69, 9.17) is 9.15 Å². The van der Waals surface area contributed by atoms with E-state index in [1.165, 1.54) is 46.2 Å². The van der Waals surface area contributed by atoms with Crippen molar-refractivity contribution in [3.05, 3.63) is 76.6 Å². The minimum Gasteiger partial charge on any atom is -0.486 e. The third-order valence-electron chi connectivity index (χ3n) is 5.16. The molecular formula is C24H16F2N4O2S2. The van der Waals surface area contributed by atoms with Crippen LogP contribution >= 0.6 is 22.7 Å². The van der Waals surface area contributed by atoms with Crippen LogP contribution in [0.2, 0.25) is 0 Å². The summed E-state index contributed by atoms with van der Waals surface area (Å²) in [6, 6.07) is 14.3. The third kappa shape index (κ3) is 3.84. The van der Waals surface area contributed by atoms with Gasteiger partial charge in [-0.15, -0.1) is 11.3 Å². The van der Waals surface area contributed by atoms with Gasteiger partial charge in [-0.05, 0) is 13.0 Å². The zero-order chi connectivity index (χ0) is 23.2. The molecule has 0 N–H and O–H groups in total. The molecule has 1 unspecified atom stereocenters. The molecule has 0 fully saturated rings. The van der Waals surface area contributed by atoms with Gasteiger partial charge in [0.05, 0.1) is 17.3 Å². The maximum Gasteiger partial charge on any atom is 0.212 e. The van der Waals surface area contributed by atoms with E-state index in [-0.39, 0.29) is 6.61 Å². The smallest absolute Gasteiger partial charge is 0.212 e. The Hall–Kier alpha value is -3.63. The van der Waals surface area contributed by atoms with Crippen LogP contribution in [0.3, 0.4) is 0 Å². The maximum absolute atomic E-state index is 14.3. The zero-order valence-corrected chi connectivity index (χ0v) is 19.4. The van der Waals surface area contributed by atoms with Crippen LogP contribution in [0.25, 0.3) is 38.0 Å². The Morgan fingerprint density at radius 2 is 2.00 bits per heavy atom. The number of aromatic nitrogens is 4. The number of ether oxygens (including phenoxy) is 1. The van der Waals surface area contributed by atoms with Crippen LogP contribution in [-0.2, 0) is 6.61 Å². The number of benzene rings is 2. The van der Waals surface area contributed by atoms with Crippen LogP contribution in [0.1, 0.15) is 23.8 Å². The van der Waals surface area contributed by atoms with Crippen molar-refractivity contribution in [1.82, 2.24) is 19.6 Å². The summed E-state index contributed by atoms with van der Waals surface area (Å²) in [6.07, 6.45) is 0.498. The number of furan rings is 1. The van der Waals surface area contributed by atoms with Crippen LogP contribution in [0.5, 0.6) is 5.75 Å². The molecule has 0 saturated carbocycles. The summed E-state index contributed by atoms with van der Waals surface area (Å²) in [5, 5.41) is 8.00. The molecule has 2 aromatic carbocycles. The fraction of sp³-hybridized carbons (Fsp3) is 0.125. The van der Waals surface area contributed by atoms with Gasteiger partial charge in [0.2, 0.25) is 4.96 Å². The molecule has 4 heterocycles. The lowest BCUT2D eigenvalue weighted by Crippen LogP contribution is -1.96. The van der Waals surface area contributed by atoms with Crippen molar-refractivity contribution < 1.29 is 17.9 Å². The van der Waals surface area contributed by atoms with Crippen molar-refractivity contribution in [3.8, 4) is 27.8 Å². The summed E-state index contributed by atoms with van der Waals surface area (Å²) in [4.78, 5) is 9.64. The first-order chi connectivity index (χ1) is 16.5. The Morgan fingerprint density at radius 3 is 2.79 bits per heavy atom. The summed E-state index contributed by atoms with van der Waals surface area (Å²) in [5.74, 6) is 0.325. The monoisotopic (exact) mass is 494 g/mol. The Kier molecular flexibility index (Phi) is 5.11. The molecule has 0 bridgehead atoms. The largest absolute Gasteiger partial charge is 0.486 e. The lowest BCUT2D eigenvalue weighted by atomic mass is 10.2. The van der Waals surface area contributed by atoms with E-state index >= 15 is 0 Å². The summed E-state index contributed by atoms with van der Waals surface area (Å²) < 4.78 is 41.1. The Bertz CT molecular complexity index is 1590. The number of halogens is 2. The minimum atomic E-state index is -1.16. The van der Waals surface area contributed by atoms with Crippen molar-refractivity contribution >= 4 is 38.6 Å². The summed E-state index contributed by atoms with van der Waals surface area (Å²) in [6.45, 7) is 1.62. The molecule has 6 rings (SSSR count). The Morgan fingerprint density at radius 1 is 1.15 bits per heavy atom. The molecule has 0 aliphatic heterocycles. The number of thiazole rings is 1. The number of rotatable bonds is 6. The number of hydrogen-bond donors (Lipinski definition) is 0. The number of fused-ring (bicyclic) bond motifs is 2. The van der Waals surface area contributed by atoms with Gasteiger partial charge in [-0.3, -0.25) is 0 Å². The van der Waals surface area contributed by atoms with E-state index in [1.54, 1.807) is 12.3 Å². The quantitative estimate of drug-likeness (QED) is 0.248. The van der Waals surface area contributed by atoms with Crippen molar-refractivity contribution in [1.29, 1.82) is 0 Å². The van der Waals surface area contributed by atoms with Crippen LogP contribution in [-0.4, -0.2) is 19.6 Å². The van der Waals surface area contributed by atoms with Gasteiger partial charge in [0, 0.05) is 23.1 Å². The van der Waals surface area contributed by atoms with Crippen LogP contribution in [0.15, 0.2) is 64.5 Å². The number of nitrogens with zero attached hydrogens (tertiary/aromatic N) is 4. The van der Waals surface area contributed by atoms with Gasteiger partial charge in [-0.25, -0.2) is 23.3 Å². The molecule has 0 aliphatic carbocycles. The van der Waals surface area contributed by atoms with Gasteiger partial charge < -0.3 is 9.15 Å². The third-order valence-corrected chi connectivity index (χ3v) is 7.18. The lowest BCUT2D eigenvalue weighted by Gasteiger charge is -2.05. The predicted octanol–water partition coefficient (Wildman–Crippen LogP) is 7.08. The van der Waals surface area contributed by atoms with Crippen molar-refractivity contribution in [2.24, 2.45) is 0 Å². The molecule has 1 atom stereocenters. The van der Waals surface area contributed by atoms with Crippen LogP contribution in [0, 0.1) is 5.82 Å². The minimum absolute atomic E-state index is 0.191. The topological polar surface area (TPSA) is 65.5 Å². The van der Waals surface area contributed by atoms with E-state index in [0.717, 1.165) is 16.3 Å². The molecule has 10 heteroatoms. The van der Waals surface area contributed by atoms with E-state index in [0.29, 0.717) is 38.1 Å². The molecule has 0 amide bonds. The molecule has 0 saturated heterocycles. The first kappa shape index (κ1) is 20.9. The number of alkyl halides is 1. The molecule has 6 aromatic rings. The van der Waals surface area contributed by atoms with Crippen molar-refractivity contribution in [3.63, 3.8) is 0 Å². The molecule has 6 nitrogen and oxygen atoms in total. The second-order valence-corrected chi connectivity index (χ2v) is 9.48. The highest BCUT2D eigenvalue weighted by atomic mass is 32.1. The van der Waals surface area contributed by atoms with Gasteiger partial charge in [-0.2, -0.15) is 5.10 Å². The SMILES string of the molecule is CC(F)c1nn2cc(-c3cc4c(OCc5csc(-c6ccccc6)n5)cc(F)cc4o3)nc2s1. The molecule has 0 spiro atoms. The highest BCUT2D eigenvalue weighted by molar-refractivity contribution is 7.16. The Balaban J connectivity index is 1.28. The van der Waals surface area contributed by atoms with Crippen LogP contribution < -0.4 is 4.74 Å². The van der Waals surface area contributed by atoms with Gasteiger partial charge in [0.1, 0.15) is 34.5 Å². The summed E-state index contributed by atoms with van der Waals surface area (Å²) in [5.41, 5.74) is 2.65. The van der Waals surface area contributed by atoms with Gasteiger partial charge >= 0.3 is 0 Å². The average molecular weight is 495 g/mol. The van der Waals surface area contributed by atoms with E-state index in [9.17, 15) is 8.78 Å². The first-order valence-corrected chi connectivity index (χ1v) is 12.1. The fourth-order valence-corrected chi connectivity index (χ4v) is 5.17. The van der Waals surface area contributed by atoms with Crippen molar-refractivity contribution in [2.45, 2.75) is 19.7 Å². The van der Waals surface area contributed by atoms with Crippen molar-refractivity contribution in [2.75, 3.05) is 0 Å². The van der Waals surface area contributed by atoms with Gasteiger partial charge in [0.15, 0.2) is 16.9 Å². The predicted molar refractivity (Wildman–Crippen MR) is 127 cm³/mol. The average Bonchev–Trinajstić information content (AvgIpc) is 3.59. The van der Waals surface area contributed by atoms with Crippen LogP contribution in [0.4, 0.5) is 8.78 Å². The van der Waals surface area contributed by atoms with E-state index < -0.39 is 12.0 Å². The second kappa shape index (κ2) is 8.30. The standard InChI is InChI=1S/C24H16F2N4O2S2/c1-13(25)22-29-30-10-18(28-24(30)34-22)21-9-17-19(7-15(26)8-20(17)32-21)31-11-16-12-33-23(27-16)14-5-3-2-4-6-14/h2-10,12-13H,11H2,1H3. The first-order valence-electron chi connectivity index (χ1n) is 10.4. The second-order valence-electron chi connectivity index (χ2n) is 7.63. The highest BCUT2D eigenvalue weighted by Crippen LogP contribution is 2.35. The molecule has 34 heavy (non-hydrogen) atoms. The highest BCUT2D eigenvalue weighted by Gasteiger charge is 2.18. The molecule has 170 valence electrons. The maximum atomic E-state index is 14.3. The zero-order valence-electron chi connectivity index (χ0n) is 17.7. The van der Waals surface area contributed by atoms with Gasteiger partial charge in [-0.1, -0.05) is 41.7 Å². The van der Waals surface area contributed by atoms with E-state index in [1.807, 2.05) is 35.7 Å².